The Hall–Kier alpha value is -0.940. The summed E-state index contributed by atoms with van der Waals surface area (Å²) in [5.41, 5.74) is 0.426. The Morgan fingerprint density at radius 1 is 1.56 bits per heavy atom. The molecule has 0 aromatic rings. The molecule has 1 heterocycles. The maximum Gasteiger partial charge on any atom is 0.227 e. The predicted octanol–water partition coefficient (Wildman–Crippen LogP) is 1.02. The Labute approximate surface area is 109 Å². The zero-order valence-corrected chi connectivity index (χ0v) is 11.5. The molecule has 4 N–H and O–H groups in total. The molecule has 1 aliphatic heterocycles. The van der Waals surface area contributed by atoms with Crippen molar-refractivity contribution in [2.75, 3.05) is 6.54 Å². The van der Waals surface area contributed by atoms with E-state index in [1.807, 2.05) is 20.8 Å². The largest absolute Gasteiger partial charge is 0.372 e. The van der Waals surface area contributed by atoms with Gasteiger partial charge in [0.25, 0.3) is 0 Å². The molecule has 1 aliphatic rings. The van der Waals surface area contributed by atoms with Crippen LogP contribution in [0, 0.1) is 10.8 Å². The molecule has 0 aliphatic carbocycles. The number of hydrogen-bond donors (Lipinski definition) is 4. The normalized spacial score (nSPS) is 21.7. The second kappa shape index (κ2) is 6.29. The molecule has 18 heavy (non-hydrogen) atoms. The Balaban J connectivity index is 2.30. The summed E-state index contributed by atoms with van der Waals surface area (Å²) in [6.45, 7) is 7.00. The number of carbonyl (C=O) groups is 1. The topological polar surface area (TPSA) is 85.2 Å². The highest BCUT2D eigenvalue weighted by molar-refractivity contribution is 5.99. The zero-order valence-electron chi connectivity index (χ0n) is 11.5. The lowest BCUT2D eigenvalue weighted by Crippen LogP contribution is -2.47. The maximum atomic E-state index is 11.7. The average molecular weight is 255 g/mol. The van der Waals surface area contributed by atoms with Gasteiger partial charge in [-0.25, -0.2) is 0 Å². The van der Waals surface area contributed by atoms with E-state index < -0.39 is 6.23 Å². The number of hydrogen-bond acceptors (Lipinski definition) is 4. The van der Waals surface area contributed by atoms with Crippen LogP contribution in [0.3, 0.4) is 0 Å². The smallest absolute Gasteiger partial charge is 0.227 e. The monoisotopic (exact) mass is 255 g/mol. The molecule has 2 unspecified atom stereocenters. The van der Waals surface area contributed by atoms with Gasteiger partial charge >= 0.3 is 0 Å². The molecule has 1 rings (SSSR count). The lowest BCUT2D eigenvalue weighted by Gasteiger charge is -2.21. The van der Waals surface area contributed by atoms with Crippen LogP contribution in [0.25, 0.3) is 0 Å². The van der Waals surface area contributed by atoms with E-state index in [1.54, 1.807) is 0 Å². The van der Waals surface area contributed by atoms with Crippen LogP contribution in [-0.4, -0.2) is 35.5 Å². The minimum atomic E-state index is -0.845. The van der Waals surface area contributed by atoms with Crippen molar-refractivity contribution < 1.29 is 9.90 Å². The summed E-state index contributed by atoms with van der Waals surface area (Å²) >= 11 is 0. The van der Waals surface area contributed by atoms with Gasteiger partial charge in [-0.1, -0.05) is 20.8 Å². The molecule has 104 valence electrons. The summed E-state index contributed by atoms with van der Waals surface area (Å²) in [7, 11) is 0. The van der Waals surface area contributed by atoms with Gasteiger partial charge in [-0.2, -0.15) is 0 Å². The van der Waals surface area contributed by atoms with E-state index in [0.717, 1.165) is 19.4 Å². The molecule has 1 saturated heterocycles. The number of nitrogens with one attached hydrogen (secondary N) is 3. The standard InChI is InChI=1S/C13H25N3O2/c1-13(2,3)8-9(14)7-11(17)16-12(18)10-5-4-6-15-10/h10,12,14-15,18H,4-8H2,1-3H3,(H,16,17). The van der Waals surface area contributed by atoms with Crippen molar-refractivity contribution in [3.63, 3.8) is 0 Å². The van der Waals surface area contributed by atoms with Crippen LogP contribution in [0.4, 0.5) is 0 Å². The molecule has 5 nitrogen and oxygen atoms in total. The van der Waals surface area contributed by atoms with Gasteiger partial charge in [0.1, 0.15) is 6.23 Å². The summed E-state index contributed by atoms with van der Waals surface area (Å²) in [5, 5.41) is 23.3. The van der Waals surface area contributed by atoms with Crippen molar-refractivity contribution in [1.82, 2.24) is 10.6 Å². The first-order valence-electron chi connectivity index (χ1n) is 6.55. The molecule has 0 bridgehead atoms. The van der Waals surface area contributed by atoms with Gasteiger partial charge in [-0.3, -0.25) is 4.79 Å². The van der Waals surface area contributed by atoms with Crippen LogP contribution in [0.1, 0.15) is 46.5 Å². The van der Waals surface area contributed by atoms with E-state index in [-0.39, 0.29) is 23.8 Å². The molecule has 0 spiro atoms. The molecule has 5 heteroatoms. The molecule has 1 fully saturated rings. The van der Waals surface area contributed by atoms with E-state index in [9.17, 15) is 9.90 Å². The molecule has 1 amide bonds. The summed E-state index contributed by atoms with van der Waals surface area (Å²) in [6.07, 6.45) is 1.72. The van der Waals surface area contributed by atoms with Crippen molar-refractivity contribution in [3.8, 4) is 0 Å². The average Bonchev–Trinajstić information content (AvgIpc) is 2.65. The van der Waals surface area contributed by atoms with Gasteiger partial charge in [0, 0.05) is 5.71 Å². The zero-order chi connectivity index (χ0) is 13.8. The minimum absolute atomic E-state index is 0.0169. The van der Waals surface area contributed by atoms with E-state index in [0.29, 0.717) is 12.1 Å². The first-order valence-corrected chi connectivity index (χ1v) is 6.55. The lowest BCUT2D eigenvalue weighted by atomic mass is 9.88. The van der Waals surface area contributed by atoms with Gasteiger partial charge in [-0.15, -0.1) is 0 Å². The van der Waals surface area contributed by atoms with Gasteiger partial charge in [0.15, 0.2) is 0 Å². The van der Waals surface area contributed by atoms with Crippen molar-refractivity contribution >= 4 is 11.6 Å². The Morgan fingerprint density at radius 2 is 2.22 bits per heavy atom. The Morgan fingerprint density at radius 3 is 2.72 bits per heavy atom. The summed E-state index contributed by atoms with van der Waals surface area (Å²) in [4.78, 5) is 11.7. The van der Waals surface area contributed by atoms with Crippen molar-refractivity contribution in [2.45, 2.75) is 58.7 Å². The predicted molar refractivity (Wildman–Crippen MR) is 71.6 cm³/mol. The summed E-state index contributed by atoms with van der Waals surface area (Å²) < 4.78 is 0. The fourth-order valence-corrected chi connectivity index (χ4v) is 2.19. The molecule has 0 saturated carbocycles. The van der Waals surface area contributed by atoms with Gasteiger partial charge in [0.05, 0.1) is 12.5 Å². The van der Waals surface area contributed by atoms with Crippen LogP contribution in [0.2, 0.25) is 0 Å². The summed E-state index contributed by atoms with van der Waals surface area (Å²) in [5.74, 6) is -0.273. The number of carbonyl (C=O) groups excluding carboxylic acids is 1. The van der Waals surface area contributed by atoms with Gasteiger partial charge in [-0.05, 0) is 31.2 Å². The van der Waals surface area contributed by atoms with Crippen LogP contribution in [0.15, 0.2) is 0 Å². The molecule has 2 atom stereocenters. The third-order valence-corrected chi connectivity index (χ3v) is 2.91. The van der Waals surface area contributed by atoms with Crippen LogP contribution in [-0.2, 0) is 4.79 Å². The summed E-state index contributed by atoms with van der Waals surface area (Å²) in [6, 6.07) is -0.0502. The van der Waals surface area contributed by atoms with Gasteiger partial charge in [0.2, 0.25) is 5.91 Å². The van der Waals surface area contributed by atoms with E-state index in [2.05, 4.69) is 10.6 Å². The highest BCUT2D eigenvalue weighted by atomic mass is 16.3. The number of aliphatic hydroxyl groups excluding tert-OH is 1. The van der Waals surface area contributed by atoms with Crippen LogP contribution in [0.5, 0.6) is 0 Å². The Bertz CT molecular complexity index is 304. The highest BCUT2D eigenvalue weighted by Gasteiger charge is 2.24. The van der Waals surface area contributed by atoms with Crippen molar-refractivity contribution in [2.24, 2.45) is 5.41 Å². The molecule has 0 radical (unpaired) electrons. The molecule has 0 aromatic heterocycles. The second-order valence-corrected chi connectivity index (χ2v) is 6.23. The van der Waals surface area contributed by atoms with Gasteiger partial charge < -0.3 is 21.1 Å². The first kappa shape index (κ1) is 15.1. The third kappa shape index (κ3) is 5.60. The maximum absolute atomic E-state index is 11.7. The fraction of sp³-hybridized carbons (Fsp3) is 0.846. The number of rotatable bonds is 5. The van der Waals surface area contributed by atoms with Crippen molar-refractivity contribution in [3.05, 3.63) is 0 Å². The van der Waals surface area contributed by atoms with Crippen LogP contribution >= 0.6 is 0 Å². The number of aliphatic hydroxyl groups is 1. The lowest BCUT2D eigenvalue weighted by molar-refractivity contribution is -0.123. The molecular formula is C13H25N3O2. The van der Waals surface area contributed by atoms with E-state index in [1.165, 1.54) is 0 Å². The van der Waals surface area contributed by atoms with Crippen molar-refractivity contribution in [1.29, 1.82) is 5.41 Å². The second-order valence-electron chi connectivity index (χ2n) is 6.23. The molecule has 0 aromatic carbocycles. The Kier molecular flexibility index (Phi) is 5.28. The first-order chi connectivity index (χ1) is 8.28. The highest BCUT2D eigenvalue weighted by Crippen LogP contribution is 2.19. The van der Waals surface area contributed by atoms with E-state index in [4.69, 9.17) is 5.41 Å². The minimum Gasteiger partial charge on any atom is -0.372 e. The van der Waals surface area contributed by atoms with Crippen LogP contribution < -0.4 is 10.6 Å². The third-order valence-electron chi connectivity index (χ3n) is 2.91. The SMILES string of the molecule is CC(C)(C)CC(=N)CC(=O)NC(O)C1CCCN1. The number of amides is 1. The molecular weight excluding hydrogens is 230 g/mol. The quantitative estimate of drug-likeness (QED) is 0.437. The van der Waals surface area contributed by atoms with E-state index >= 15 is 0 Å². The fourth-order valence-electron chi connectivity index (χ4n) is 2.19.